The van der Waals surface area contributed by atoms with Crippen LogP contribution in [0.4, 0.5) is 13.2 Å². The number of aliphatic hydroxyl groups is 1. The van der Waals surface area contributed by atoms with Crippen LogP contribution in [0, 0.1) is 17.2 Å². The number of hydrogen-bond acceptors (Lipinski definition) is 2. The lowest BCUT2D eigenvalue weighted by molar-refractivity contribution is -0.137. The summed E-state index contributed by atoms with van der Waals surface area (Å²) < 4.78 is 37.1. The van der Waals surface area contributed by atoms with E-state index in [1.54, 1.807) is 13.8 Å². The molecule has 0 spiro atoms. The first-order valence-corrected chi connectivity index (χ1v) is 5.52. The summed E-state index contributed by atoms with van der Waals surface area (Å²) in [5.74, 6) is -0.954. The predicted molar refractivity (Wildman–Crippen MR) is 60.6 cm³/mol. The molecule has 0 fully saturated rings. The number of aliphatic hydroxyl groups excluding tert-OH is 1. The molecule has 2 unspecified atom stereocenters. The Labute approximate surface area is 104 Å². The van der Waals surface area contributed by atoms with E-state index in [2.05, 4.69) is 0 Å². The highest BCUT2D eigenvalue weighted by Crippen LogP contribution is 2.31. The van der Waals surface area contributed by atoms with Crippen LogP contribution >= 0.6 is 0 Å². The Kier molecular flexibility index (Phi) is 4.36. The van der Waals surface area contributed by atoms with Crippen molar-refractivity contribution in [1.29, 1.82) is 5.26 Å². The molecule has 2 nitrogen and oxygen atoms in total. The van der Waals surface area contributed by atoms with Crippen LogP contribution in [0.5, 0.6) is 0 Å². The summed E-state index contributed by atoms with van der Waals surface area (Å²) in [5, 5.41) is 18.8. The Morgan fingerprint density at radius 2 is 1.67 bits per heavy atom. The molecule has 0 aromatic heterocycles. The van der Waals surface area contributed by atoms with Gasteiger partial charge in [-0.05, 0) is 23.6 Å². The summed E-state index contributed by atoms with van der Waals surface area (Å²) in [7, 11) is 0. The van der Waals surface area contributed by atoms with Crippen molar-refractivity contribution in [2.24, 2.45) is 5.92 Å². The fraction of sp³-hybridized carbons (Fsp3) is 0.462. The van der Waals surface area contributed by atoms with Crippen molar-refractivity contribution in [3.8, 4) is 6.07 Å². The molecule has 0 saturated heterocycles. The standard InChI is InChI=1S/C13H14F3NO/c1-8(2)12(18)11(7-17)9-3-5-10(6-4-9)13(14,15)16/h3-6,8,11-12,18H,1-2H3. The van der Waals surface area contributed by atoms with E-state index in [0.717, 1.165) is 12.1 Å². The van der Waals surface area contributed by atoms with Gasteiger partial charge in [-0.3, -0.25) is 0 Å². The Morgan fingerprint density at radius 1 is 1.17 bits per heavy atom. The van der Waals surface area contributed by atoms with E-state index in [9.17, 15) is 18.3 Å². The zero-order valence-electron chi connectivity index (χ0n) is 10.1. The molecule has 0 aliphatic heterocycles. The molecular formula is C13H14F3NO. The normalized spacial score (nSPS) is 15.2. The zero-order chi connectivity index (χ0) is 13.9. The molecule has 1 N–H and O–H groups in total. The number of rotatable bonds is 3. The van der Waals surface area contributed by atoms with Crippen molar-refractivity contribution in [2.75, 3.05) is 0 Å². The van der Waals surface area contributed by atoms with Crippen LogP contribution in [0.3, 0.4) is 0 Å². The molecular weight excluding hydrogens is 243 g/mol. The summed E-state index contributed by atoms with van der Waals surface area (Å²) in [6, 6.07) is 6.25. The van der Waals surface area contributed by atoms with Crippen molar-refractivity contribution < 1.29 is 18.3 Å². The number of hydrogen-bond donors (Lipinski definition) is 1. The van der Waals surface area contributed by atoms with Gasteiger partial charge in [-0.2, -0.15) is 18.4 Å². The summed E-state index contributed by atoms with van der Waals surface area (Å²) in [5.41, 5.74) is -0.367. The molecule has 0 amide bonds. The van der Waals surface area contributed by atoms with E-state index in [-0.39, 0.29) is 5.92 Å². The Morgan fingerprint density at radius 3 is 2.00 bits per heavy atom. The summed E-state index contributed by atoms with van der Waals surface area (Å²) in [4.78, 5) is 0. The average Bonchev–Trinajstić information content (AvgIpc) is 2.29. The number of halogens is 3. The van der Waals surface area contributed by atoms with Gasteiger partial charge in [0.2, 0.25) is 0 Å². The van der Waals surface area contributed by atoms with Crippen LogP contribution in [0.15, 0.2) is 24.3 Å². The van der Waals surface area contributed by atoms with Crippen LogP contribution in [-0.4, -0.2) is 11.2 Å². The first-order valence-electron chi connectivity index (χ1n) is 5.52. The van der Waals surface area contributed by atoms with Gasteiger partial charge in [-0.1, -0.05) is 26.0 Å². The maximum Gasteiger partial charge on any atom is 0.416 e. The minimum atomic E-state index is -4.39. The topological polar surface area (TPSA) is 44.0 Å². The largest absolute Gasteiger partial charge is 0.416 e. The highest BCUT2D eigenvalue weighted by Gasteiger charge is 2.31. The fourth-order valence-electron chi connectivity index (χ4n) is 1.61. The van der Waals surface area contributed by atoms with Gasteiger partial charge in [0.05, 0.1) is 23.7 Å². The minimum absolute atomic E-state index is 0.142. The number of nitriles is 1. The van der Waals surface area contributed by atoms with Gasteiger partial charge in [0.1, 0.15) is 0 Å². The maximum absolute atomic E-state index is 12.4. The average molecular weight is 257 g/mol. The monoisotopic (exact) mass is 257 g/mol. The predicted octanol–water partition coefficient (Wildman–Crippen LogP) is 3.33. The van der Waals surface area contributed by atoms with Gasteiger partial charge in [0.25, 0.3) is 0 Å². The molecule has 1 aromatic rings. The van der Waals surface area contributed by atoms with Gasteiger partial charge in [-0.15, -0.1) is 0 Å². The van der Waals surface area contributed by atoms with Crippen LogP contribution in [-0.2, 0) is 6.18 Å². The maximum atomic E-state index is 12.4. The third-order valence-corrected chi connectivity index (χ3v) is 2.76. The molecule has 18 heavy (non-hydrogen) atoms. The van der Waals surface area contributed by atoms with Crippen molar-refractivity contribution >= 4 is 0 Å². The lowest BCUT2D eigenvalue weighted by atomic mass is 9.88. The van der Waals surface area contributed by atoms with E-state index < -0.39 is 23.8 Å². The molecule has 2 atom stereocenters. The number of nitrogens with zero attached hydrogens (tertiary/aromatic N) is 1. The third-order valence-electron chi connectivity index (χ3n) is 2.76. The minimum Gasteiger partial charge on any atom is -0.391 e. The van der Waals surface area contributed by atoms with E-state index in [0.29, 0.717) is 5.56 Å². The second-order valence-corrected chi connectivity index (χ2v) is 4.46. The van der Waals surface area contributed by atoms with Crippen LogP contribution in [0.2, 0.25) is 0 Å². The highest BCUT2D eigenvalue weighted by molar-refractivity contribution is 5.31. The molecule has 0 aliphatic carbocycles. The van der Waals surface area contributed by atoms with Crippen molar-refractivity contribution in [2.45, 2.75) is 32.0 Å². The molecule has 0 bridgehead atoms. The molecule has 1 aromatic carbocycles. The van der Waals surface area contributed by atoms with Gasteiger partial charge in [0, 0.05) is 0 Å². The van der Waals surface area contributed by atoms with Crippen LogP contribution < -0.4 is 0 Å². The first kappa shape index (κ1) is 14.5. The molecule has 0 saturated carbocycles. The Hall–Kier alpha value is -1.54. The lowest BCUT2D eigenvalue weighted by Gasteiger charge is -2.20. The quantitative estimate of drug-likeness (QED) is 0.902. The van der Waals surface area contributed by atoms with Gasteiger partial charge in [0.15, 0.2) is 0 Å². The second-order valence-electron chi connectivity index (χ2n) is 4.46. The smallest absolute Gasteiger partial charge is 0.391 e. The third kappa shape index (κ3) is 3.23. The van der Waals surface area contributed by atoms with Crippen LogP contribution in [0.25, 0.3) is 0 Å². The van der Waals surface area contributed by atoms with Crippen molar-refractivity contribution in [1.82, 2.24) is 0 Å². The molecule has 5 heteroatoms. The Balaban J connectivity index is 3.00. The van der Waals surface area contributed by atoms with E-state index in [1.165, 1.54) is 12.1 Å². The number of benzene rings is 1. The van der Waals surface area contributed by atoms with Gasteiger partial charge >= 0.3 is 6.18 Å². The first-order chi connectivity index (χ1) is 8.27. The molecule has 0 radical (unpaired) electrons. The summed E-state index contributed by atoms with van der Waals surface area (Å²) >= 11 is 0. The lowest BCUT2D eigenvalue weighted by Crippen LogP contribution is -2.23. The molecule has 98 valence electrons. The van der Waals surface area contributed by atoms with Crippen LogP contribution in [0.1, 0.15) is 30.9 Å². The molecule has 0 aliphatic rings. The van der Waals surface area contributed by atoms with Crippen molar-refractivity contribution in [3.05, 3.63) is 35.4 Å². The summed E-state index contributed by atoms with van der Waals surface area (Å²) in [6.07, 6.45) is -5.29. The fourth-order valence-corrected chi connectivity index (χ4v) is 1.61. The Bertz CT molecular complexity index is 431. The zero-order valence-corrected chi connectivity index (χ0v) is 10.1. The van der Waals surface area contributed by atoms with Gasteiger partial charge < -0.3 is 5.11 Å². The van der Waals surface area contributed by atoms with E-state index in [4.69, 9.17) is 5.26 Å². The molecule has 0 heterocycles. The SMILES string of the molecule is CC(C)C(O)C(C#N)c1ccc(C(F)(F)F)cc1. The van der Waals surface area contributed by atoms with Gasteiger partial charge in [-0.25, -0.2) is 0 Å². The number of alkyl halides is 3. The van der Waals surface area contributed by atoms with E-state index in [1.807, 2.05) is 6.07 Å². The second kappa shape index (κ2) is 5.40. The van der Waals surface area contributed by atoms with E-state index >= 15 is 0 Å². The highest BCUT2D eigenvalue weighted by atomic mass is 19.4. The van der Waals surface area contributed by atoms with Crippen molar-refractivity contribution in [3.63, 3.8) is 0 Å². The molecule has 1 rings (SSSR count). The summed E-state index contributed by atoms with van der Waals surface area (Å²) in [6.45, 7) is 3.50.